The summed E-state index contributed by atoms with van der Waals surface area (Å²) in [5.74, 6) is -1.43. The third-order valence-corrected chi connectivity index (χ3v) is 6.13. The van der Waals surface area contributed by atoms with E-state index in [2.05, 4.69) is 17.1 Å². The number of piperazine rings is 1. The van der Waals surface area contributed by atoms with Gasteiger partial charge in [0.2, 0.25) is 0 Å². The average Bonchev–Trinajstić information content (AvgIpc) is 2.87. The number of ketones is 1. The highest BCUT2D eigenvalue weighted by molar-refractivity contribution is 6.11. The van der Waals surface area contributed by atoms with Crippen molar-refractivity contribution < 1.29 is 14.0 Å². The Hall–Kier alpha value is -3.84. The zero-order valence-corrected chi connectivity index (χ0v) is 19.6. The maximum absolute atomic E-state index is 13.6. The molecule has 1 aromatic heterocycles. The van der Waals surface area contributed by atoms with Gasteiger partial charge >= 0.3 is 0 Å². The van der Waals surface area contributed by atoms with Crippen LogP contribution in [-0.4, -0.2) is 58.8 Å². The second-order valence-electron chi connectivity index (χ2n) is 8.66. The first-order valence-electron chi connectivity index (χ1n) is 11.6. The zero-order chi connectivity index (χ0) is 24.8. The highest BCUT2D eigenvalue weighted by atomic mass is 19.1. The molecular formula is C28H28FN3O3. The summed E-state index contributed by atoms with van der Waals surface area (Å²) in [6, 6.07) is 16.7. The van der Waals surface area contributed by atoms with Crippen LogP contribution in [-0.2, 0) is 4.79 Å². The number of aromatic nitrogens is 1. The van der Waals surface area contributed by atoms with E-state index in [-0.39, 0.29) is 5.56 Å². The topological polar surface area (TPSA) is 62.6 Å². The number of hydrogen-bond donors (Lipinski definition) is 0. The van der Waals surface area contributed by atoms with E-state index in [0.29, 0.717) is 26.2 Å². The molecule has 35 heavy (non-hydrogen) atoms. The third kappa shape index (κ3) is 6.00. The quantitative estimate of drug-likeness (QED) is 0.389. The molecule has 2 aromatic carbocycles. The van der Waals surface area contributed by atoms with Crippen LogP contribution in [0.5, 0.6) is 0 Å². The molecule has 1 aliphatic rings. The van der Waals surface area contributed by atoms with Gasteiger partial charge in [-0.3, -0.25) is 23.9 Å². The highest BCUT2D eigenvalue weighted by Crippen LogP contribution is 2.19. The Morgan fingerprint density at radius 2 is 1.63 bits per heavy atom. The van der Waals surface area contributed by atoms with Crippen molar-refractivity contribution in [3.8, 4) is 0 Å². The van der Waals surface area contributed by atoms with E-state index in [0.717, 1.165) is 17.7 Å². The van der Waals surface area contributed by atoms with Crippen LogP contribution in [0.3, 0.4) is 0 Å². The first-order valence-corrected chi connectivity index (χ1v) is 11.6. The Morgan fingerprint density at radius 1 is 0.943 bits per heavy atom. The first-order chi connectivity index (χ1) is 16.9. The van der Waals surface area contributed by atoms with E-state index in [4.69, 9.17) is 0 Å². The number of carbonyl (C=O) groups excluding carboxylic acids is 2. The lowest BCUT2D eigenvalue weighted by molar-refractivity contribution is -0.135. The van der Waals surface area contributed by atoms with Gasteiger partial charge < -0.3 is 4.90 Å². The van der Waals surface area contributed by atoms with Crippen LogP contribution < -0.4 is 5.56 Å². The Kier molecular flexibility index (Phi) is 7.67. The fourth-order valence-corrected chi connectivity index (χ4v) is 4.17. The number of rotatable bonds is 7. The molecule has 1 saturated heterocycles. The summed E-state index contributed by atoms with van der Waals surface area (Å²) in [7, 11) is 0. The van der Waals surface area contributed by atoms with Crippen molar-refractivity contribution in [2.45, 2.75) is 13.0 Å². The van der Waals surface area contributed by atoms with Crippen LogP contribution >= 0.6 is 0 Å². The summed E-state index contributed by atoms with van der Waals surface area (Å²) < 4.78 is 14.6. The van der Waals surface area contributed by atoms with Crippen molar-refractivity contribution in [2.75, 3.05) is 32.7 Å². The molecule has 180 valence electrons. The second-order valence-corrected chi connectivity index (χ2v) is 8.66. The SMILES string of the molecule is Cc1ccc(=O)n([C@H](C(=O)c2ccc(F)cc2)C(=O)N2CCN(C/C=C/c3ccccc3)CC2)c1. The molecule has 2 heterocycles. The summed E-state index contributed by atoms with van der Waals surface area (Å²) in [6.45, 7) is 4.77. The Balaban J connectivity index is 1.49. The molecule has 3 aromatic rings. The minimum atomic E-state index is -1.34. The molecule has 1 atom stereocenters. The number of nitrogens with zero attached hydrogens (tertiary/aromatic N) is 3. The van der Waals surface area contributed by atoms with E-state index in [9.17, 15) is 18.8 Å². The fourth-order valence-electron chi connectivity index (χ4n) is 4.17. The number of amides is 1. The summed E-state index contributed by atoms with van der Waals surface area (Å²) in [6.07, 6.45) is 5.69. The molecule has 0 aliphatic carbocycles. The summed E-state index contributed by atoms with van der Waals surface area (Å²) >= 11 is 0. The molecule has 0 radical (unpaired) electrons. The van der Waals surface area contributed by atoms with Crippen LogP contribution in [0.4, 0.5) is 4.39 Å². The lowest BCUT2D eigenvalue weighted by Crippen LogP contribution is -2.52. The smallest absolute Gasteiger partial charge is 0.253 e. The Morgan fingerprint density at radius 3 is 2.31 bits per heavy atom. The summed E-state index contributed by atoms with van der Waals surface area (Å²) in [5, 5.41) is 0. The van der Waals surface area contributed by atoms with Gasteiger partial charge in [-0.25, -0.2) is 4.39 Å². The van der Waals surface area contributed by atoms with Gasteiger partial charge in [-0.05, 0) is 42.3 Å². The van der Waals surface area contributed by atoms with Gasteiger partial charge in [0.05, 0.1) is 0 Å². The van der Waals surface area contributed by atoms with Crippen molar-refractivity contribution in [1.29, 1.82) is 0 Å². The second kappa shape index (κ2) is 11.1. The number of aryl methyl sites for hydroxylation is 1. The van der Waals surface area contributed by atoms with Crippen molar-refractivity contribution in [2.24, 2.45) is 0 Å². The molecule has 0 saturated carbocycles. The van der Waals surface area contributed by atoms with Crippen LogP contribution in [0.2, 0.25) is 0 Å². The predicted octanol–water partition coefficient (Wildman–Crippen LogP) is 3.58. The molecule has 4 rings (SSSR count). The van der Waals surface area contributed by atoms with E-state index in [1.165, 1.54) is 41.1 Å². The Labute approximate surface area is 203 Å². The first kappa shape index (κ1) is 24.3. The largest absolute Gasteiger partial charge is 0.338 e. The number of hydrogen-bond acceptors (Lipinski definition) is 4. The van der Waals surface area contributed by atoms with Gasteiger partial charge in [-0.1, -0.05) is 48.6 Å². The molecule has 1 fully saturated rings. The van der Waals surface area contributed by atoms with Gasteiger partial charge in [-0.15, -0.1) is 0 Å². The third-order valence-electron chi connectivity index (χ3n) is 6.13. The van der Waals surface area contributed by atoms with Gasteiger partial charge in [-0.2, -0.15) is 0 Å². The standard InChI is InChI=1S/C28H28FN3O3/c1-21-9-14-25(33)32(20-21)26(27(34)23-10-12-24(29)13-11-23)28(35)31-18-16-30(17-19-31)15-5-8-22-6-3-2-4-7-22/h2-14,20,26H,15-19H2,1H3/b8-5+/t26-/m1/s1. The summed E-state index contributed by atoms with van der Waals surface area (Å²) in [4.78, 5) is 43.5. The van der Waals surface area contributed by atoms with Gasteiger partial charge in [0, 0.05) is 50.6 Å². The number of pyridine rings is 1. The molecule has 6 nitrogen and oxygen atoms in total. The fraction of sp³-hybridized carbons (Fsp3) is 0.250. The minimum Gasteiger partial charge on any atom is -0.338 e. The highest BCUT2D eigenvalue weighted by Gasteiger charge is 2.35. The van der Waals surface area contributed by atoms with Gasteiger partial charge in [0.1, 0.15) is 5.82 Å². The Bertz CT molecular complexity index is 1260. The minimum absolute atomic E-state index is 0.183. The van der Waals surface area contributed by atoms with E-state index < -0.39 is 29.1 Å². The molecule has 0 spiro atoms. The van der Waals surface area contributed by atoms with Crippen LogP contribution in [0, 0.1) is 12.7 Å². The van der Waals surface area contributed by atoms with Crippen molar-refractivity contribution in [3.63, 3.8) is 0 Å². The molecule has 0 bridgehead atoms. The molecule has 7 heteroatoms. The average molecular weight is 474 g/mol. The van der Waals surface area contributed by atoms with Crippen molar-refractivity contribution in [1.82, 2.24) is 14.4 Å². The molecular weight excluding hydrogens is 445 g/mol. The molecule has 1 amide bonds. The van der Waals surface area contributed by atoms with Gasteiger partial charge in [0.25, 0.3) is 11.5 Å². The number of halogens is 1. The van der Waals surface area contributed by atoms with E-state index >= 15 is 0 Å². The van der Waals surface area contributed by atoms with Crippen LogP contribution in [0.1, 0.15) is 27.5 Å². The number of Topliss-reactive ketones (excluding diaryl/α,β-unsaturated/α-hetero) is 1. The van der Waals surface area contributed by atoms with E-state index in [1.807, 2.05) is 30.3 Å². The van der Waals surface area contributed by atoms with Crippen LogP contribution in [0.25, 0.3) is 6.08 Å². The van der Waals surface area contributed by atoms with E-state index in [1.54, 1.807) is 17.9 Å². The van der Waals surface area contributed by atoms with Crippen LogP contribution in [0.15, 0.2) is 83.8 Å². The molecule has 1 aliphatic heterocycles. The van der Waals surface area contributed by atoms with Crippen molar-refractivity contribution in [3.05, 3.63) is 112 Å². The number of benzene rings is 2. The molecule has 0 N–H and O–H groups in total. The lowest BCUT2D eigenvalue weighted by Gasteiger charge is -2.36. The monoisotopic (exact) mass is 473 g/mol. The maximum atomic E-state index is 13.6. The lowest BCUT2D eigenvalue weighted by atomic mass is 10.0. The maximum Gasteiger partial charge on any atom is 0.253 e. The van der Waals surface area contributed by atoms with Gasteiger partial charge in [0.15, 0.2) is 11.8 Å². The molecule has 0 unspecified atom stereocenters. The zero-order valence-electron chi connectivity index (χ0n) is 19.6. The van der Waals surface area contributed by atoms with Crippen molar-refractivity contribution >= 4 is 17.8 Å². The summed E-state index contributed by atoms with van der Waals surface area (Å²) in [5.41, 5.74) is 1.63. The number of carbonyl (C=O) groups is 2. The normalized spacial score (nSPS) is 15.3. The predicted molar refractivity (Wildman–Crippen MR) is 134 cm³/mol.